The highest BCUT2D eigenvalue weighted by molar-refractivity contribution is 5.71. The second-order valence-electron chi connectivity index (χ2n) is 5.90. The lowest BCUT2D eigenvalue weighted by Crippen LogP contribution is -2.53. The number of benzene rings is 1. The van der Waals surface area contributed by atoms with Crippen LogP contribution in [0.5, 0.6) is 11.5 Å². The number of methoxy groups -OCH3 is 2. The zero-order chi connectivity index (χ0) is 17.7. The first-order valence-corrected chi connectivity index (χ1v) is 7.88. The maximum atomic E-state index is 11.3. The van der Waals surface area contributed by atoms with Crippen LogP contribution in [0.15, 0.2) is 24.3 Å². The van der Waals surface area contributed by atoms with Gasteiger partial charge in [-0.1, -0.05) is 18.2 Å². The van der Waals surface area contributed by atoms with Crippen molar-refractivity contribution in [1.82, 2.24) is 5.32 Å². The van der Waals surface area contributed by atoms with Crippen LogP contribution in [-0.2, 0) is 22.4 Å². The van der Waals surface area contributed by atoms with Gasteiger partial charge in [0.2, 0.25) is 0 Å². The normalized spacial score (nSPS) is 23.1. The number of ether oxygens (including phenoxy) is 3. The third-order valence-electron chi connectivity index (χ3n) is 4.28. The van der Waals surface area contributed by atoms with Gasteiger partial charge in [-0.3, -0.25) is 4.79 Å². The number of hydrogen-bond acceptors (Lipinski definition) is 6. The molecule has 2 rings (SSSR count). The van der Waals surface area contributed by atoms with Crippen molar-refractivity contribution < 1.29 is 24.1 Å². The number of likely N-dealkylation sites (N-methyl/N-ethyl adjacent to an activating group) is 1. The van der Waals surface area contributed by atoms with Crippen LogP contribution in [0.4, 0.5) is 0 Å². The number of esters is 1. The zero-order valence-electron chi connectivity index (χ0n) is 14.6. The smallest absolute Gasteiger partial charge is 0.308 e. The van der Waals surface area contributed by atoms with E-state index in [1.54, 1.807) is 25.3 Å². The van der Waals surface area contributed by atoms with E-state index in [-0.39, 0.29) is 6.04 Å². The van der Waals surface area contributed by atoms with E-state index in [0.29, 0.717) is 30.9 Å². The topological polar surface area (TPSA) is 77.0 Å². The predicted molar refractivity (Wildman–Crippen MR) is 90.5 cm³/mol. The van der Waals surface area contributed by atoms with Gasteiger partial charge in [-0.25, -0.2) is 0 Å². The maximum absolute atomic E-state index is 11.3. The third-order valence-corrected chi connectivity index (χ3v) is 4.28. The highest BCUT2D eigenvalue weighted by Crippen LogP contribution is 2.40. The zero-order valence-corrected chi connectivity index (χ0v) is 14.6. The predicted octanol–water partition coefficient (Wildman–Crippen LogP) is 1.24. The Morgan fingerprint density at radius 1 is 1.46 bits per heavy atom. The lowest BCUT2D eigenvalue weighted by Gasteiger charge is -2.39. The number of fused-ring (bicyclic) bond motifs is 1. The average molecular weight is 335 g/mol. The Kier molecular flexibility index (Phi) is 5.99. The molecule has 6 nitrogen and oxygen atoms in total. The van der Waals surface area contributed by atoms with Gasteiger partial charge in [0.15, 0.2) is 11.5 Å². The number of rotatable bonds is 6. The van der Waals surface area contributed by atoms with Gasteiger partial charge in [0.1, 0.15) is 5.60 Å². The van der Waals surface area contributed by atoms with E-state index in [1.165, 1.54) is 14.0 Å². The van der Waals surface area contributed by atoms with Gasteiger partial charge in [0, 0.05) is 32.1 Å². The van der Waals surface area contributed by atoms with Crippen LogP contribution < -0.4 is 14.8 Å². The molecule has 0 amide bonds. The number of hydrogen-bond donors (Lipinski definition) is 2. The van der Waals surface area contributed by atoms with Gasteiger partial charge in [0.05, 0.1) is 13.7 Å². The second-order valence-corrected chi connectivity index (χ2v) is 5.90. The summed E-state index contributed by atoms with van der Waals surface area (Å²) in [6.45, 7) is 1.77. The molecule has 1 aliphatic carbocycles. The molecular formula is C18H25NO5. The Hall–Kier alpha value is -1.89. The van der Waals surface area contributed by atoms with Crippen LogP contribution in [0.3, 0.4) is 0 Å². The molecule has 0 heterocycles. The fourth-order valence-electron chi connectivity index (χ4n) is 3.17. The van der Waals surface area contributed by atoms with Crippen LogP contribution in [0.1, 0.15) is 18.1 Å². The standard InChI is InChI=1S/C18H25NO5/c1-12(20)24-15-7-6-13-10-16(19-2)18(21,8-5-9-22-3)11-14(13)17(15)23-4/h5-8,16,19,21H,9-11H2,1-4H3/b8-5-/t16-,18+/m1/s1. The molecule has 0 aliphatic heterocycles. The molecule has 6 heteroatoms. The van der Waals surface area contributed by atoms with Gasteiger partial charge in [-0.15, -0.1) is 0 Å². The van der Waals surface area contributed by atoms with Crippen LogP contribution in [0.2, 0.25) is 0 Å². The maximum Gasteiger partial charge on any atom is 0.308 e. The minimum absolute atomic E-state index is 0.137. The van der Waals surface area contributed by atoms with Gasteiger partial charge in [-0.05, 0) is 25.1 Å². The molecule has 0 spiro atoms. The first-order chi connectivity index (χ1) is 11.4. The average Bonchev–Trinajstić information content (AvgIpc) is 2.54. The third kappa shape index (κ3) is 3.77. The first-order valence-electron chi connectivity index (χ1n) is 7.88. The summed E-state index contributed by atoms with van der Waals surface area (Å²) in [5.41, 5.74) is 0.835. The highest BCUT2D eigenvalue weighted by atomic mass is 16.6. The molecule has 0 unspecified atom stereocenters. The van der Waals surface area contributed by atoms with Gasteiger partial charge in [0.25, 0.3) is 0 Å². The molecule has 24 heavy (non-hydrogen) atoms. The quantitative estimate of drug-likeness (QED) is 0.463. The van der Waals surface area contributed by atoms with Crippen molar-refractivity contribution in [1.29, 1.82) is 0 Å². The summed E-state index contributed by atoms with van der Waals surface area (Å²) in [6, 6.07) is 3.51. The van der Waals surface area contributed by atoms with E-state index in [9.17, 15) is 9.90 Å². The first kappa shape index (κ1) is 18.4. The van der Waals surface area contributed by atoms with Crippen LogP contribution in [0, 0.1) is 0 Å². The monoisotopic (exact) mass is 335 g/mol. The minimum atomic E-state index is -1.08. The summed E-state index contributed by atoms with van der Waals surface area (Å²) in [6.07, 6.45) is 4.55. The van der Waals surface area contributed by atoms with E-state index in [1.807, 2.05) is 13.1 Å². The lowest BCUT2D eigenvalue weighted by atomic mass is 9.76. The molecule has 2 N–H and O–H groups in total. The molecule has 2 atom stereocenters. The van der Waals surface area contributed by atoms with Crippen LogP contribution >= 0.6 is 0 Å². The fraction of sp³-hybridized carbons (Fsp3) is 0.500. The van der Waals surface area contributed by atoms with Gasteiger partial charge < -0.3 is 24.6 Å². The van der Waals surface area contributed by atoms with Crippen molar-refractivity contribution in [2.75, 3.05) is 27.9 Å². The lowest BCUT2D eigenvalue weighted by molar-refractivity contribution is -0.132. The van der Waals surface area contributed by atoms with E-state index >= 15 is 0 Å². The molecule has 0 bridgehead atoms. The summed E-state index contributed by atoms with van der Waals surface area (Å²) in [5.74, 6) is 0.457. The van der Waals surface area contributed by atoms with Crippen molar-refractivity contribution >= 4 is 5.97 Å². The van der Waals surface area contributed by atoms with Crippen molar-refractivity contribution in [3.63, 3.8) is 0 Å². The number of aliphatic hydroxyl groups is 1. The minimum Gasteiger partial charge on any atom is -0.493 e. The van der Waals surface area contributed by atoms with Crippen LogP contribution in [-0.4, -0.2) is 50.6 Å². The Bertz CT molecular complexity index is 628. The molecule has 0 saturated heterocycles. The van der Waals surface area contributed by atoms with Gasteiger partial charge in [-0.2, -0.15) is 0 Å². The molecule has 132 valence electrons. The van der Waals surface area contributed by atoms with Crippen molar-refractivity contribution in [3.05, 3.63) is 35.4 Å². The van der Waals surface area contributed by atoms with Crippen molar-refractivity contribution in [2.24, 2.45) is 0 Å². The molecule has 0 aromatic heterocycles. The van der Waals surface area contributed by atoms with Crippen molar-refractivity contribution in [2.45, 2.75) is 31.4 Å². The molecule has 0 fully saturated rings. The Balaban J connectivity index is 2.44. The van der Waals surface area contributed by atoms with Crippen molar-refractivity contribution in [3.8, 4) is 11.5 Å². The van der Waals surface area contributed by atoms with Gasteiger partial charge >= 0.3 is 5.97 Å². The number of carbonyl (C=O) groups is 1. The molecule has 1 aliphatic rings. The summed E-state index contributed by atoms with van der Waals surface area (Å²) in [7, 11) is 4.97. The Labute approximate surface area is 142 Å². The molecule has 1 aromatic carbocycles. The second kappa shape index (κ2) is 7.79. The summed E-state index contributed by atoms with van der Waals surface area (Å²) >= 11 is 0. The molecule has 0 radical (unpaired) electrons. The fourth-order valence-corrected chi connectivity index (χ4v) is 3.17. The largest absolute Gasteiger partial charge is 0.493 e. The van der Waals surface area contributed by atoms with E-state index in [2.05, 4.69) is 5.32 Å². The summed E-state index contributed by atoms with van der Waals surface area (Å²) in [5, 5.41) is 14.3. The van der Waals surface area contributed by atoms with E-state index in [4.69, 9.17) is 14.2 Å². The van der Waals surface area contributed by atoms with E-state index < -0.39 is 11.6 Å². The summed E-state index contributed by atoms with van der Waals surface area (Å²) in [4.78, 5) is 11.3. The summed E-state index contributed by atoms with van der Waals surface area (Å²) < 4.78 is 15.7. The number of nitrogens with one attached hydrogen (secondary N) is 1. The molecule has 1 aromatic rings. The molecular weight excluding hydrogens is 310 g/mol. The Morgan fingerprint density at radius 3 is 2.79 bits per heavy atom. The van der Waals surface area contributed by atoms with Crippen LogP contribution in [0.25, 0.3) is 0 Å². The molecule has 0 saturated carbocycles. The Morgan fingerprint density at radius 2 is 2.21 bits per heavy atom. The SMILES string of the molecule is CN[C@@H]1Cc2ccc(OC(C)=O)c(OC)c2C[C@@]1(O)/C=C\COC. The van der Waals surface area contributed by atoms with E-state index in [0.717, 1.165) is 11.1 Å². The number of carbonyl (C=O) groups excluding carboxylic acids is 1. The highest BCUT2D eigenvalue weighted by Gasteiger charge is 2.40.